The molecule has 0 aliphatic heterocycles. The molecule has 29 nitrogen and oxygen atoms in total. The summed E-state index contributed by atoms with van der Waals surface area (Å²) in [6, 6.07) is -0.840. The Morgan fingerprint density at radius 1 is 0.481 bits per heavy atom. The van der Waals surface area contributed by atoms with Crippen molar-refractivity contribution in [3.05, 3.63) is 20.9 Å². The Kier molecular flexibility index (Phi) is 52.6. The Morgan fingerprint density at radius 3 is 1.27 bits per heavy atom. The van der Waals surface area contributed by atoms with Crippen LogP contribution in [-0.2, 0) is 90.4 Å². The van der Waals surface area contributed by atoms with Crippen LogP contribution in [-0.4, -0.2) is 232 Å². The topological polar surface area (TPSA) is 365 Å². The van der Waals surface area contributed by atoms with Crippen molar-refractivity contribution in [1.29, 1.82) is 0 Å². The molecule has 0 saturated carbocycles. The van der Waals surface area contributed by atoms with Crippen LogP contribution in [0.1, 0.15) is 92.4 Å². The molecule has 81 heavy (non-hydrogen) atoms. The zero-order valence-corrected chi connectivity index (χ0v) is 48.7. The second kappa shape index (κ2) is 55.8. The number of carbonyl (C=O) groups excluding carboxylic acids is 6. The van der Waals surface area contributed by atoms with Crippen LogP contribution < -0.4 is 16.1 Å². The molecule has 0 bridgehead atoms. The van der Waals surface area contributed by atoms with Crippen LogP contribution in [0.2, 0.25) is 0 Å². The molecule has 0 heterocycles. The van der Waals surface area contributed by atoms with Crippen molar-refractivity contribution < 1.29 is 95.2 Å². The first kappa shape index (κ1) is 76.3. The van der Waals surface area contributed by atoms with Crippen LogP contribution in [0.15, 0.2) is 10.2 Å². The molecule has 3 N–H and O–H groups in total. The van der Waals surface area contributed by atoms with Gasteiger partial charge in [-0.05, 0) is 70.4 Å². The highest BCUT2D eigenvalue weighted by molar-refractivity contribution is 5.92. The van der Waals surface area contributed by atoms with Crippen molar-refractivity contribution in [3.63, 3.8) is 0 Å². The molecule has 0 aromatic heterocycles. The summed E-state index contributed by atoms with van der Waals surface area (Å²) in [7, 11) is 0. The van der Waals surface area contributed by atoms with Crippen molar-refractivity contribution in [1.82, 2.24) is 16.1 Å². The second-order valence-corrected chi connectivity index (χ2v) is 18.7. The number of Topliss-reactive ketones (excluding diaryl/α,β-unsaturated/α-hetero) is 3. The number of rotatable bonds is 60. The Hall–Kier alpha value is -4.68. The average molecular weight is 1170 g/mol. The van der Waals surface area contributed by atoms with E-state index < -0.39 is 35.5 Å². The van der Waals surface area contributed by atoms with Gasteiger partial charge >= 0.3 is 6.09 Å². The molecule has 0 aliphatic rings. The van der Waals surface area contributed by atoms with Crippen molar-refractivity contribution in [2.24, 2.45) is 22.1 Å². The van der Waals surface area contributed by atoms with Gasteiger partial charge in [-0.2, -0.15) is 5.48 Å². The Bertz CT molecular complexity index is 1720. The average Bonchev–Trinajstić information content (AvgIpc) is 3.43. The largest absolute Gasteiger partial charge is 0.442 e. The van der Waals surface area contributed by atoms with Crippen LogP contribution in [0, 0.1) is 11.8 Å². The summed E-state index contributed by atoms with van der Waals surface area (Å²) in [6.07, 6.45) is 1.81. The number of carbonyl (C=O) groups is 6. The number of nitrogens with one attached hydrogen (secondary N) is 3. The van der Waals surface area contributed by atoms with E-state index in [0.29, 0.717) is 138 Å². The molecule has 0 aliphatic carbocycles. The number of hydroxylamine groups is 1. The number of ether oxygens (including phenoxy) is 13. The highest BCUT2D eigenvalue weighted by atomic mass is 16.7. The van der Waals surface area contributed by atoms with E-state index in [4.69, 9.17) is 77.5 Å². The molecule has 0 aromatic carbocycles. The lowest BCUT2D eigenvalue weighted by molar-refractivity contribution is -0.134. The van der Waals surface area contributed by atoms with Crippen LogP contribution in [0.25, 0.3) is 20.9 Å². The number of unbranched alkanes of at least 4 members (excludes halogenated alkanes) is 1. The summed E-state index contributed by atoms with van der Waals surface area (Å²) in [6.45, 7) is 16.4. The van der Waals surface area contributed by atoms with E-state index >= 15 is 0 Å². The third-order valence-electron chi connectivity index (χ3n) is 10.9. The highest BCUT2D eigenvalue weighted by Crippen LogP contribution is 2.14. The monoisotopic (exact) mass is 1170 g/mol. The van der Waals surface area contributed by atoms with Gasteiger partial charge < -0.3 is 72.2 Å². The van der Waals surface area contributed by atoms with Crippen LogP contribution in [0.3, 0.4) is 0 Å². The summed E-state index contributed by atoms with van der Waals surface area (Å²) in [5, 5.41) is 12.5. The summed E-state index contributed by atoms with van der Waals surface area (Å²) in [5.74, 6) is -2.60. The van der Waals surface area contributed by atoms with E-state index in [9.17, 15) is 28.8 Å². The van der Waals surface area contributed by atoms with E-state index in [1.165, 1.54) is 0 Å². The van der Waals surface area contributed by atoms with Gasteiger partial charge in [-0.3, -0.25) is 28.8 Å². The molecular formula is C52H95N9O20. The number of hydrogen-bond acceptors (Lipinski definition) is 22. The first-order chi connectivity index (χ1) is 39.3. The van der Waals surface area contributed by atoms with Crippen molar-refractivity contribution >= 4 is 35.3 Å². The molecule has 0 spiro atoms. The zero-order chi connectivity index (χ0) is 59.7. The molecule has 468 valence electrons. The fourth-order valence-electron chi connectivity index (χ4n) is 6.73. The zero-order valence-electron chi connectivity index (χ0n) is 48.7. The smallest absolute Gasteiger partial charge is 0.431 e. The van der Waals surface area contributed by atoms with Gasteiger partial charge in [-0.15, -0.1) is 0 Å². The fourth-order valence-corrected chi connectivity index (χ4v) is 6.73. The number of ketones is 3. The maximum Gasteiger partial charge on any atom is 0.431 e. The minimum atomic E-state index is -0.840. The van der Waals surface area contributed by atoms with Crippen molar-refractivity contribution in [2.45, 2.75) is 104 Å². The van der Waals surface area contributed by atoms with E-state index in [-0.39, 0.29) is 128 Å². The summed E-state index contributed by atoms with van der Waals surface area (Å²) in [4.78, 5) is 87.7. The van der Waals surface area contributed by atoms with Gasteiger partial charge in [-0.1, -0.05) is 24.1 Å². The first-order valence-corrected chi connectivity index (χ1v) is 28.0. The van der Waals surface area contributed by atoms with Crippen molar-refractivity contribution in [2.75, 3.05) is 185 Å². The molecule has 29 heteroatoms. The van der Waals surface area contributed by atoms with Crippen LogP contribution in [0.4, 0.5) is 4.79 Å². The van der Waals surface area contributed by atoms with E-state index in [1.807, 2.05) is 6.92 Å². The molecular weight excluding hydrogens is 1070 g/mol. The van der Waals surface area contributed by atoms with E-state index in [0.717, 1.165) is 0 Å². The highest BCUT2D eigenvalue weighted by Gasteiger charge is 2.26. The molecule has 3 atom stereocenters. The van der Waals surface area contributed by atoms with E-state index in [2.05, 4.69) is 36.2 Å². The summed E-state index contributed by atoms with van der Waals surface area (Å²) < 4.78 is 70.2. The number of hydrogen-bond donors (Lipinski definition) is 3. The van der Waals surface area contributed by atoms with Gasteiger partial charge in [-0.25, -0.2) is 4.79 Å². The Labute approximate surface area is 477 Å². The molecule has 3 amide bonds. The molecule has 0 aromatic rings. The minimum absolute atomic E-state index is 0.0167. The van der Waals surface area contributed by atoms with Gasteiger partial charge in [0.2, 0.25) is 11.8 Å². The molecule has 0 unspecified atom stereocenters. The predicted octanol–water partition coefficient (Wildman–Crippen LogP) is 4.35. The summed E-state index contributed by atoms with van der Waals surface area (Å²) in [5.41, 5.74) is 18.0. The number of azide groups is 2. The quantitative estimate of drug-likeness (QED) is 0.0250. The van der Waals surface area contributed by atoms with E-state index in [1.54, 1.807) is 27.7 Å². The lowest BCUT2D eigenvalue weighted by atomic mass is 9.96. The van der Waals surface area contributed by atoms with Crippen LogP contribution >= 0.6 is 0 Å². The van der Waals surface area contributed by atoms with Crippen molar-refractivity contribution in [3.8, 4) is 0 Å². The molecule has 0 saturated heterocycles. The molecule has 0 fully saturated rings. The van der Waals surface area contributed by atoms with Gasteiger partial charge in [0.25, 0.3) is 0 Å². The van der Waals surface area contributed by atoms with Gasteiger partial charge in [0.1, 0.15) is 18.8 Å². The molecule has 0 radical (unpaired) electrons. The normalized spacial score (nSPS) is 12.4. The lowest BCUT2D eigenvalue weighted by Crippen LogP contribution is -2.44. The number of amides is 3. The fraction of sp³-hybridized carbons (Fsp3) is 0.885. The third-order valence-corrected chi connectivity index (χ3v) is 10.9. The standard InChI is InChI=1S/C52H95N9O20/c1-6-43(39-45(62)41-78-35-33-75-31-29-73-27-25-71-23-20-69-17-14-56-60-53)49(65)55-13-9-8-11-47(48(64)12-10-16-68-19-22-77-37-38-80-59-51(67)81-52(3,4)5)58-50(66)44(7-2)40-46(63)42-79-36-34-76-32-30-74-28-26-72-24-21-70-18-15-57-61-54/h43-44,47H,6-42H2,1-5H3,(H,55,65)(H,58,66)(H,59,67)/t43-,44-,47+/m1/s1. The minimum Gasteiger partial charge on any atom is -0.442 e. The predicted molar refractivity (Wildman–Crippen MR) is 293 cm³/mol. The second-order valence-electron chi connectivity index (χ2n) is 18.7. The molecule has 0 rings (SSSR count). The Morgan fingerprint density at radius 2 is 0.864 bits per heavy atom. The third kappa shape index (κ3) is 51.9. The van der Waals surface area contributed by atoms with Gasteiger partial charge in [0, 0.05) is 67.2 Å². The van der Waals surface area contributed by atoms with Gasteiger partial charge in [0.05, 0.1) is 151 Å². The lowest BCUT2D eigenvalue weighted by Gasteiger charge is -2.22. The Balaban J connectivity index is 4.79. The van der Waals surface area contributed by atoms with Gasteiger partial charge in [0.15, 0.2) is 17.3 Å². The first-order valence-electron chi connectivity index (χ1n) is 28.0. The maximum absolute atomic E-state index is 13.6. The SMILES string of the molecule is CC[C@H](CC(=O)COCCOCCOCCOCCOCCN=[N+]=[N-])C(=O)NCCCC[C@H](NC(=O)[C@H](CC)CC(=O)COCCOCCOCCOCCOCCN=[N+]=[N-])C(=O)CCCOCCOCCONC(=O)OC(C)(C)C. The number of nitrogens with zero attached hydrogens (tertiary/aromatic N) is 6. The summed E-state index contributed by atoms with van der Waals surface area (Å²) >= 11 is 0. The van der Waals surface area contributed by atoms with Crippen LogP contribution in [0.5, 0.6) is 0 Å². The maximum atomic E-state index is 13.6.